The molecule has 48 heavy (non-hydrogen) atoms. The van der Waals surface area contributed by atoms with E-state index < -0.39 is 37.6 Å². The molecule has 0 aliphatic carbocycles. The van der Waals surface area contributed by atoms with E-state index in [1.807, 2.05) is 121 Å². The van der Waals surface area contributed by atoms with Gasteiger partial charge in [-0.15, -0.1) is 0 Å². The molecule has 1 saturated heterocycles. The topological polar surface area (TPSA) is 66.5 Å². The first-order valence-electron chi connectivity index (χ1n) is 16.4. The van der Waals surface area contributed by atoms with Crippen LogP contribution in [0.5, 0.6) is 0 Å². The van der Waals surface area contributed by atoms with Crippen molar-refractivity contribution in [3.05, 3.63) is 144 Å². The summed E-state index contributed by atoms with van der Waals surface area (Å²) in [6.07, 6.45) is -2.15. The van der Waals surface area contributed by atoms with Gasteiger partial charge in [0.15, 0.2) is 0 Å². The predicted octanol–water partition coefficient (Wildman–Crippen LogP) is 8.49. The van der Waals surface area contributed by atoms with E-state index in [0.717, 1.165) is 22.3 Å². The Hall–Kier alpha value is -3.27. The summed E-state index contributed by atoms with van der Waals surface area (Å²) in [5, 5.41) is 0. The van der Waals surface area contributed by atoms with Crippen LogP contribution in [0.4, 0.5) is 8.78 Å². The molecular formula is C38H44F2NO6P. The molecule has 7 nitrogen and oxygen atoms in total. The summed E-state index contributed by atoms with van der Waals surface area (Å²) >= 11 is 0. The standard InChI is InChI=1S/C38H44F2NO6P/c1-3-46-48(42,47-4-2)38(39,40)37-36(45-28-33-23-15-8-16-24-33)35(44-27-32-21-13-7-14-22-32)34(29-43-26-31-19-11-6-12-20-31)41(37)25-30-17-9-5-10-18-30/h5-24,34-37H,3-4,25-29H2,1-2H3/t34-,35+,36-,37+/m0/s1. The van der Waals surface area contributed by atoms with E-state index in [1.54, 1.807) is 4.90 Å². The first-order chi connectivity index (χ1) is 23.4. The van der Waals surface area contributed by atoms with Gasteiger partial charge in [-0.2, -0.15) is 8.78 Å². The highest BCUT2D eigenvalue weighted by molar-refractivity contribution is 7.55. The van der Waals surface area contributed by atoms with Crippen molar-refractivity contribution in [1.82, 2.24) is 4.90 Å². The van der Waals surface area contributed by atoms with Crippen LogP contribution in [-0.2, 0) is 54.2 Å². The Balaban J connectivity index is 1.59. The van der Waals surface area contributed by atoms with Crippen molar-refractivity contribution in [3.8, 4) is 0 Å². The molecule has 4 atom stereocenters. The van der Waals surface area contributed by atoms with Crippen LogP contribution in [0.3, 0.4) is 0 Å². The van der Waals surface area contributed by atoms with E-state index >= 15 is 8.78 Å². The van der Waals surface area contributed by atoms with Crippen LogP contribution in [0.25, 0.3) is 0 Å². The lowest BCUT2D eigenvalue weighted by Crippen LogP contribution is -2.52. The molecular weight excluding hydrogens is 635 g/mol. The second-order valence-corrected chi connectivity index (χ2v) is 13.7. The van der Waals surface area contributed by atoms with Crippen molar-refractivity contribution < 1.29 is 36.6 Å². The van der Waals surface area contributed by atoms with Gasteiger partial charge in [-0.3, -0.25) is 9.46 Å². The van der Waals surface area contributed by atoms with Crippen molar-refractivity contribution in [3.63, 3.8) is 0 Å². The Morgan fingerprint density at radius 1 is 0.625 bits per heavy atom. The summed E-state index contributed by atoms with van der Waals surface area (Å²) in [6.45, 7) is 3.21. The maximum absolute atomic E-state index is 17.2. The minimum atomic E-state index is -5.00. The lowest BCUT2D eigenvalue weighted by atomic mass is 10.1. The number of rotatable bonds is 18. The summed E-state index contributed by atoms with van der Waals surface area (Å²) in [4.78, 5) is 1.62. The molecule has 0 radical (unpaired) electrons. The highest BCUT2D eigenvalue weighted by Crippen LogP contribution is 2.65. The Labute approximate surface area is 282 Å². The molecule has 0 saturated carbocycles. The number of nitrogens with zero attached hydrogens (tertiary/aromatic N) is 1. The van der Waals surface area contributed by atoms with Crippen LogP contribution in [-0.4, -0.2) is 54.7 Å². The van der Waals surface area contributed by atoms with Crippen molar-refractivity contribution in [2.24, 2.45) is 0 Å². The number of hydrogen-bond donors (Lipinski definition) is 0. The molecule has 1 fully saturated rings. The summed E-state index contributed by atoms with van der Waals surface area (Å²) in [6, 6.07) is 35.4. The molecule has 0 spiro atoms. The van der Waals surface area contributed by atoms with Crippen LogP contribution in [0, 0.1) is 0 Å². The fraction of sp³-hybridized carbons (Fsp3) is 0.368. The average molecular weight is 680 g/mol. The number of benzene rings is 4. The van der Waals surface area contributed by atoms with Gasteiger partial charge in [0.25, 0.3) is 0 Å². The minimum Gasteiger partial charge on any atom is -0.375 e. The SMILES string of the molecule is CCOP(=O)(OCC)C(F)(F)[C@H]1[C@@H](OCc2ccccc2)[C@H](OCc2ccccc2)[C@H](COCc2ccccc2)N1Cc1ccccc1. The zero-order chi connectivity index (χ0) is 33.8. The third-order valence-corrected chi connectivity index (χ3v) is 10.5. The summed E-state index contributed by atoms with van der Waals surface area (Å²) in [5.74, 6) is 0. The molecule has 10 heteroatoms. The van der Waals surface area contributed by atoms with Crippen LogP contribution in [0.15, 0.2) is 121 Å². The van der Waals surface area contributed by atoms with E-state index in [0.29, 0.717) is 0 Å². The lowest BCUT2D eigenvalue weighted by molar-refractivity contribution is -0.114. The van der Waals surface area contributed by atoms with E-state index in [1.165, 1.54) is 13.8 Å². The molecule has 4 aromatic rings. The van der Waals surface area contributed by atoms with Crippen molar-refractivity contribution >= 4 is 7.60 Å². The van der Waals surface area contributed by atoms with Crippen molar-refractivity contribution in [2.75, 3.05) is 19.8 Å². The second kappa shape index (κ2) is 17.4. The summed E-state index contributed by atoms with van der Waals surface area (Å²) < 4.78 is 78.5. The van der Waals surface area contributed by atoms with Gasteiger partial charge in [-0.25, -0.2) is 0 Å². The third-order valence-electron chi connectivity index (χ3n) is 8.30. The van der Waals surface area contributed by atoms with E-state index in [4.69, 9.17) is 23.3 Å². The quantitative estimate of drug-likeness (QED) is 0.0978. The summed E-state index contributed by atoms with van der Waals surface area (Å²) in [5.41, 5.74) is -0.570. The molecule has 1 heterocycles. The smallest absolute Gasteiger partial charge is 0.375 e. The molecule has 1 aliphatic rings. The molecule has 0 amide bonds. The molecule has 0 bridgehead atoms. The average Bonchev–Trinajstić information content (AvgIpc) is 3.40. The lowest BCUT2D eigenvalue weighted by Gasteiger charge is -2.38. The minimum absolute atomic E-state index is 0.0353. The number of likely N-dealkylation sites (tertiary alicyclic amines) is 1. The monoisotopic (exact) mass is 679 g/mol. The number of ether oxygens (including phenoxy) is 3. The maximum Gasteiger partial charge on any atom is 0.401 e. The van der Waals surface area contributed by atoms with E-state index in [-0.39, 0.29) is 46.2 Å². The Morgan fingerprint density at radius 2 is 1.04 bits per heavy atom. The molecule has 0 unspecified atom stereocenters. The number of alkyl halides is 2. The van der Waals surface area contributed by atoms with Gasteiger partial charge in [0.05, 0.1) is 45.7 Å². The molecule has 4 aromatic carbocycles. The largest absolute Gasteiger partial charge is 0.401 e. The second-order valence-electron chi connectivity index (χ2n) is 11.6. The van der Waals surface area contributed by atoms with Gasteiger partial charge >= 0.3 is 13.3 Å². The number of halogens is 2. The van der Waals surface area contributed by atoms with Crippen LogP contribution in [0.2, 0.25) is 0 Å². The van der Waals surface area contributed by atoms with Gasteiger partial charge in [0.1, 0.15) is 18.2 Å². The van der Waals surface area contributed by atoms with E-state index in [9.17, 15) is 4.57 Å². The van der Waals surface area contributed by atoms with Gasteiger partial charge in [0.2, 0.25) is 0 Å². The first-order valence-corrected chi connectivity index (χ1v) is 17.9. The Kier molecular flexibility index (Phi) is 13.1. The molecule has 0 N–H and O–H groups in total. The summed E-state index contributed by atoms with van der Waals surface area (Å²) in [7, 11) is -5.00. The van der Waals surface area contributed by atoms with Gasteiger partial charge in [-0.05, 0) is 36.1 Å². The molecule has 1 aliphatic heterocycles. The zero-order valence-corrected chi connectivity index (χ0v) is 28.3. The fourth-order valence-electron chi connectivity index (χ4n) is 6.09. The third kappa shape index (κ3) is 8.84. The zero-order valence-electron chi connectivity index (χ0n) is 27.4. The molecule has 256 valence electrons. The van der Waals surface area contributed by atoms with Crippen molar-refractivity contribution in [1.29, 1.82) is 0 Å². The van der Waals surface area contributed by atoms with Gasteiger partial charge < -0.3 is 23.3 Å². The predicted molar refractivity (Wildman–Crippen MR) is 182 cm³/mol. The maximum atomic E-state index is 17.2. The highest BCUT2D eigenvalue weighted by Gasteiger charge is 2.68. The van der Waals surface area contributed by atoms with Crippen molar-refractivity contribution in [2.45, 2.75) is 70.2 Å². The first kappa shape index (κ1) is 36.0. The Morgan fingerprint density at radius 3 is 1.50 bits per heavy atom. The van der Waals surface area contributed by atoms with E-state index in [2.05, 4.69) is 0 Å². The molecule has 5 rings (SSSR count). The van der Waals surface area contributed by atoms with Crippen LogP contribution >= 0.6 is 7.60 Å². The Bertz CT molecular complexity index is 1540. The number of hydrogen-bond acceptors (Lipinski definition) is 7. The highest BCUT2D eigenvalue weighted by atomic mass is 31.2. The van der Waals surface area contributed by atoms with Gasteiger partial charge in [-0.1, -0.05) is 121 Å². The van der Waals surface area contributed by atoms with Crippen LogP contribution < -0.4 is 0 Å². The van der Waals surface area contributed by atoms with Crippen LogP contribution in [0.1, 0.15) is 36.1 Å². The normalized spacial score (nSPS) is 20.2. The molecule has 0 aromatic heterocycles. The fourth-order valence-corrected chi connectivity index (χ4v) is 7.81. The van der Waals surface area contributed by atoms with Gasteiger partial charge in [0, 0.05) is 6.54 Å².